The van der Waals surface area contributed by atoms with Crippen LogP contribution in [0, 0.1) is 13.8 Å². The fourth-order valence-corrected chi connectivity index (χ4v) is 5.38. The molecule has 13 nitrogen and oxygen atoms in total. The third-order valence-electron chi connectivity index (χ3n) is 7.84. The minimum Gasteiger partial charge on any atom is -0.467 e. The zero-order chi connectivity index (χ0) is 35.5. The van der Waals surface area contributed by atoms with Gasteiger partial charge in [0.25, 0.3) is 5.91 Å². The van der Waals surface area contributed by atoms with Gasteiger partial charge in [-0.15, -0.1) is 0 Å². The van der Waals surface area contributed by atoms with Crippen LogP contribution in [0.4, 0.5) is 4.79 Å². The van der Waals surface area contributed by atoms with Crippen molar-refractivity contribution >= 4 is 29.5 Å². The Morgan fingerprint density at radius 2 is 1.41 bits per heavy atom. The van der Waals surface area contributed by atoms with Crippen molar-refractivity contribution in [3.8, 4) is 11.5 Å². The van der Waals surface area contributed by atoms with Gasteiger partial charge >= 0.3 is 12.1 Å². The number of hydrogen-bond donors (Lipinski definition) is 1. The van der Waals surface area contributed by atoms with Crippen LogP contribution in [-0.4, -0.2) is 81.4 Å². The number of aryl methyl sites for hydroxylation is 2. The summed E-state index contributed by atoms with van der Waals surface area (Å²) >= 11 is 0. The zero-order valence-electron chi connectivity index (χ0n) is 28.2. The summed E-state index contributed by atoms with van der Waals surface area (Å²) in [6.07, 6.45) is 1.20. The maximum atomic E-state index is 13.3. The Hall–Kier alpha value is -5.27. The SMILES string of the molecule is COCOc1ccc(C(C)=O)cc1C(=O)c1ccc(C(=O)OOC(=O)N2CCCCC(NC(=O)c3cc(C)c(OCOC)c(C)c3)C2)cc1. The fourth-order valence-electron chi connectivity index (χ4n) is 5.38. The molecule has 0 radical (unpaired) electrons. The van der Waals surface area contributed by atoms with Crippen LogP contribution in [0.5, 0.6) is 11.5 Å². The average Bonchev–Trinajstić information content (AvgIpc) is 3.34. The number of amides is 2. The molecule has 1 unspecified atom stereocenters. The van der Waals surface area contributed by atoms with Crippen molar-refractivity contribution in [2.45, 2.75) is 46.1 Å². The summed E-state index contributed by atoms with van der Waals surface area (Å²) < 4.78 is 21.0. The number of likely N-dealkylation sites (tertiary alicyclic amines) is 1. The predicted octanol–water partition coefficient (Wildman–Crippen LogP) is 5.20. The van der Waals surface area contributed by atoms with Crippen molar-refractivity contribution in [3.05, 3.63) is 93.5 Å². The predicted molar refractivity (Wildman–Crippen MR) is 176 cm³/mol. The van der Waals surface area contributed by atoms with E-state index in [4.69, 9.17) is 28.7 Å². The van der Waals surface area contributed by atoms with Crippen LogP contribution in [0.3, 0.4) is 0 Å². The summed E-state index contributed by atoms with van der Waals surface area (Å²) in [5.41, 5.74) is 2.77. The van der Waals surface area contributed by atoms with E-state index < -0.39 is 17.8 Å². The second kappa shape index (κ2) is 17.2. The highest BCUT2D eigenvalue weighted by Gasteiger charge is 2.27. The van der Waals surface area contributed by atoms with E-state index in [0.717, 1.165) is 17.5 Å². The molecule has 3 aromatic carbocycles. The van der Waals surface area contributed by atoms with Gasteiger partial charge in [-0.1, -0.05) is 12.1 Å². The number of rotatable bonds is 12. The van der Waals surface area contributed by atoms with Crippen molar-refractivity contribution in [1.82, 2.24) is 10.2 Å². The van der Waals surface area contributed by atoms with Gasteiger partial charge < -0.3 is 29.2 Å². The number of hydrogen-bond acceptors (Lipinski definition) is 11. The minimum atomic E-state index is -0.946. The molecule has 49 heavy (non-hydrogen) atoms. The molecular formula is C36H40N2O11. The van der Waals surface area contributed by atoms with E-state index in [2.05, 4.69) is 5.32 Å². The van der Waals surface area contributed by atoms with Gasteiger partial charge in [0.15, 0.2) is 25.2 Å². The van der Waals surface area contributed by atoms with Crippen LogP contribution < -0.4 is 14.8 Å². The van der Waals surface area contributed by atoms with Crippen LogP contribution in [0.15, 0.2) is 54.6 Å². The first-order valence-corrected chi connectivity index (χ1v) is 15.7. The number of ether oxygens (including phenoxy) is 4. The molecule has 4 rings (SSSR count). The number of Topliss-reactive ketones (excluding diaryl/α,β-unsaturated/α-hetero) is 1. The average molecular weight is 677 g/mol. The Labute approximate surface area is 284 Å². The Morgan fingerprint density at radius 1 is 0.776 bits per heavy atom. The highest BCUT2D eigenvalue weighted by atomic mass is 17.2. The first-order chi connectivity index (χ1) is 23.5. The standard InChI is InChI=1S/C36H40N2O11/c1-22-16-28(17-23(2)33(22)47-21-45-5)34(41)37-29-8-6-7-15-38(19-29)36(43)49-48-35(42)26-11-9-25(10-12-26)32(40)30-18-27(24(3)39)13-14-31(30)46-20-44-4/h9-14,16-18,29H,6-8,15,19-21H2,1-5H3,(H,37,41). The molecule has 1 atom stereocenters. The quantitative estimate of drug-likeness (QED) is 0.117. The van der Waals surface area contributed by atoms with E-state index in [1.807, 2.05) is 13.8 Å². The Balaban J connectivity index is 1.34. The van der Waals surface area contributed by atoms with Gasteiger partial charge in [-0.2, -0.15) is 0 Å². The molecule has 0 aliphatic carbocycles. The van der Waals surface area contributed by atoms with E-state index in [0.29, 0.717) is 36.3 Å². The van der Waals surface area contributed by atoms with Gasteiger partial charge in [-0.3, -0.25) is 14.4 Å². The van der Waals surface area contributed by atoms with Gasteiger partial charge in [0.1, 0.15) is 11.5 Å². The molecule has 0 bridgehead atoms. The number of nitrogens with one attached hydrogen (secondary N) is 1. The van der Waals surface area contributed by atoms with Crippen LogP contribution >= 0.6 is 0 Å². The molecule has 0 saturated carbocycles. The lowest BCUT2D eigenvalue weighted by Crippen LogP contribution is -2.45. The number of carbonyl (C=O) groups excluding carboxylic acids is 5. The van der Waals surface area contributed by atoms with E-state index in [9.17, 15) is 24.0 Å². The van der Waals surface area contributed by atoms with Gasteiger partial charge in [0.2, 0.25) is 0 Å². The maximum absolute atomic E-state index is 13.3. The van der Waals surface area contributed by atoms with Crippen molar-refractivity contribution in [1.29, 1.82) is 0 Å². The number of nitrogens with zero attached hydrogens (tertiary/aromatic N) is 1. The number of benzene rings is 3. The number of ketones is 2. The molecule has 1 aliphatic rings. The summed E-state index contributed by atoms with van der Waals surface area (Å²) in [4.78, 5) is 75.0. The molecule has 0 spiro atoms. The molecule has 1 aliphatic heterocycles. The second-order valence-corrected chi connectivity index (χ2v) is 11.5. The zero-order valence-corrected chi connectivity index (χ0v) is 28.2. The molecule has 1 saturated heterocycles. The molecule has 1 heterocycles. The molecule has 1 N–H and O–H groups in total. The first-order valence-electron chi connectivity index (χ1n) is 15.7. The topological polar surface area (TPSA) is 156 Å². The third-order valence-corrected chi connectivity index (χ3v) is 7.84. The molecule has 260 valence electrons. The van der Waals surface area contributed by atoms with Crippen molar-refractivity contribution in [2.75, 3.05) is 40.9 Å². The lowest BCUT2D eigenvalue weighted by atomic mass is 9.98. The summed E-state index contributed by atoms with van der Waals surface area (Å²) in [6, 6.07) is 13.1. The molecule has 3 aromatic rings. The largest absolute Gasteiger partial charge is 0.467 e. The van der Waals surface area contributed by atoms with Gasteiger partial charge in [0, 0.05) is 50.0 Å². The molecule has 13 heteroatoms. The Morgan fingerprint density at radius 3 is 2.06 bits per heavy atom. The van der Waals surface area contributed by atoms with Crippen LogP contribution in [-0.2, 0) is 19.2 Å². The summed E-state index contributed by atoms with van der Waals surface area (Å²) in [5, 5.41) is 3.00. The normalized spacial score (nSPS) is 14.3. The lowest BCUT2D eigenvalue weighted by molar-refractivity contribution is -0.192. The van der Waals surface area contributed by atoms with Crippen molar-refractivity contribution in [2.24, 2.45) is 0 Å². The molecule has 0 aromatic heterocycles. The first kappa shape index (κ1) is 36.6. The Bertz CT molecular complexity index is 1660. The third kappa shape index (κ3) is 9.64. The summed E-state index contributed by atoms with van der Waals surface area (Å²) in [5.74, 6) is -1.01. The van der Waals surface area contributed by atoms with Gasteiger partial charge in [0.05, 0.1) is 11.1 Å². The highest BCUT2D eigenvalue weighted by molar-refractivity contribution is 6.12. The number of methoxy groups -OCH3 is 2. The lowest BCUT2D eigenvalue weighted by Gasteiger charge is -2.24. The van der Waals surface area contributed by atoms with Crippen LogP contribution in [0.25, 0.3) is 0 Å². The van der Waals surface area contributed by atoms with Crippen molar-refractivity contribution < 1.29 is 52.7 Å². The van der Waals surface area contributed by atoms with Gasteiger partial charge in [-0.05, 0) is 93.6 Å². The van der Waals surface area contributed by atoms with Crippen molar-refractivity contribution in [3.63, 3.8) is 0 Å². The fraction of sp³-hybridized carbons (Fsp3) is 0.361. The van der Waals surface area contributed by atoms with Crippen LogP contribution in [0.2, 0.25) is 0 Å². The molecular weight excluding hydrogens is 636 g/mol. The monoisotopic (exact) mass is 676 g/mol. The molecule has 2 amide bonds. The maximum Gasteiger partial charge on any atom is 0.453 e. The number of carbonyl (C=O) groups is 5. The summed E-state index contributed by atoms with van der Waals surface area (Å²) in [7, 11) is 2.97. The smallest absolute Gasteiger partial charge is 0.453 e. The second-order valence-electron chi connectivity index (χ2n) is 11.5. The highest BCUT2D eigenvalue weighted by Crippen LogP contribution is 2.26. The minimum absolute atomic E-state index is 0.0305. The van der Waals surface area contributed by atoms with E-state index in [1.165, 1.54) is 62.4 Å². The Kier molecular flexibility index (Phi) is 12.9. The van der Waals surface area contributed by atoms with E-state index >= 15 is 0 Å². The van der Waals surface area contributed by atoms with Crippen LogP contribution in [0.1, 0.15) is 84.3 Å². The molecule has 1 fully saturated rings. The van der Waals surface area contributed by atoms with E-state index in [1.54, 1.807) is 18.2 Å². The summed E-state index contributed by atoms with van der Waals surface area (Å²) in [6.45, 7) is 5.59. The van der Waals surface area contributed by atoms with Gasteiger partial charge in [-0.25, -0.2) is 19.4 Å². The van der Waals surface area contributed by atoms with E-state index in [-0.39, 0.29) is 60.3 Å².